The molecule has 0 aromatic rings. The minimum atomic E-state index is -1.46. The Balaban J connectivity index is 2.90. The van der Waals surface area contributed by atoms with Gasteiger partial charge in [0.2, 0.25) is 0 Å². The van der Waals surface area contributed by atoms with Crippen molar-refractivity contribution in [3.05, 3.63) is 24.3 Å². The lowest BCUT2D eigenvalue weighted by Crippen LogP contribution is -2.62. The van der Waals surface area contributed by atoms with Crippen LogP contribution in [0.1, 0.15) is 26.2 Å². The van der Waals surface area contributed by atoms with Crippen molar-refractivity contribution in [2.45, 2.75) is 64.0 Å². The number of hydrogen-bond acceptors (Lipinski definition) is 1. The highest BCUT2D eigenvalue weighted by Gasteiger charge is 2.45. The van der Waals surface area contributed by atoms with Crippen molar-refractivity contribution in [3.63, 3.8) is 0 Å². The van der Waals surface area contributed by atoms with E-state index in [9.17, 15) is 0 Å². The SMILES string of the molecule is CCCCC1([Si](C)(C)N[Si](C)(C)C)C=CC=C1. The zero-order chi connectivity index (χ0) is 13.2. The van der Waals surface area contributed by atoms with Crippen LogP contribution in [0, 0.1) is 0 Å². The molecule has 0 saturated heterocycles. The van der Waals surface area contributed by atoms with Crippen LogP contribution in [0.5, 0.6) is 0 Å². The second-order valence-electron chi connectivity index (χ2n) is 6.86. The van der Waals surface area contributed by atoms with E-state index in [0.717, 1.165) is 0 Å². The molecule has 0 unspecified atom stereocenters. The average Bonchev–Trinajstić information content (AvgIpc) is 2.60. The van der Waals surface area contributed by atoms with Crippen LogP contribution in [-0.4, -0.2) is 16.5 Å². The van der Waals surface area contributed by atoms with Crippen molar-refractivity contribution in [3.8, 4) is 0 Å². The molecule has 1 nitrogen and oxygen atoms in total. The molecule has 0 atom stereocenters. The van der Waals surface area contributed by atoms with Gasteiger partial charge in [0.25, 0.3) is 0 Å². The fraction of sp³-hybridized carbons (Fsp3) is 0.714. The van der Waals surface area contributed by atoms with E-state index in [4.69, 9.17) is 0 Å². The maximum Gasteiger partial charge on any atom is 0.126 e. The van der Waals surface area contributed by atoms with E-state index in [1.54, 1.807) is 0 Å². The lowest BCUT2D eigenvalue weighted by atomic mass is 10.0. The van der Waals surface area contributed by atoms with Gasteiger partial charge >= 0.3 is 0 Å². The standard InChI is InChI=1S/C14H29NSi2/c1-7-8-11-14(12-9-10-13-14)17(5,6)15-16(2,3)4/h9-10,12-13,15H,7-8,11H2,1-6H3. The highest BCUT2D eigenvalue weighted by atomic mass is 28.4. The molecule has 0 spiro atoms. The minimum absolute atomic E-state index is 0.350. The number of unbranched alkanes of at least 4 members (excludes halogenated alkanes) is 1. The number of rotatable bonds is 6. The molecule has 0 aromatic heterocycles. The van der Waals surface area contributed by atoms with Gasteiger partial charge in [0.05, 0.1) is 0 Å². The molecule has 0 fully saturated rings. The van der Waals surface area contributed by atoms with Crippen LogP contribution >= 0.6 is 0 Å². The first-order valence-electron chi connectivity index (χ1n) is 6.89. The summed E-state index contributed by atoms with van der Waals surface area (Å²) in [6, 6.07) is 0. The van der Waals surface area contributed by atoms with E-state index in [1.807, 2.05) is 0 Å². The normalized spacial score (nSPS) is 18.9. The van der Waals surface area contributed by atoms with E-state index in [2.05, 4.69) is 68.6 Å². The molecule has 1 N–H and O–H groups in total. The molecule has 1 aliphatic carbocycles. The molecule has 0 saturated carbocycles. The molecule has 0 bridgehead atoms. The van der Waals surface area contributed by atoms with Crippen molar-refractivity contribution in [1.29, 1.82) is 0 Å². The average molecular weight is 268 g/mol. The molecule has 0 amide bonds. The lowest BCUT2D eigenvalue weighted by molar-refractivity contribution is 0.637. The Hall–Kier alpha value is -0.126. The van der Waals surface area contributed by atoms with Crippen LogP contribution in [0.4, 0.5) is 0 Å². The Morgan fingerprint density at radius 2 is 1.53 bits per heavy atom. The number of hydrogen-bond donors (Lipinski definition) is 1. The van der Waals surface area contributed by atoms with Crippen LogP contribution in [0.25, 0.3) is 0 Å². The Labute approximate surface area is 110 Å². The van der Waals surface area contributed by atoms with Crippen molar-refractivity contribution >= 4 is 16.5 Å². The van der Waals surface area contributed by atoms with Gasteiger partial charge in [-0.1, -0.05) is 76.8 Å². The predicted octanol–water partition coefficient (Wildman–Crippen LogP) is 4.67. The van der Waals surface area contributed by atoms with Crippen LogP contribution < -0.4 is 4.65 Å². The van der Waals surface area contributed by atoms with Crippen molar-refractivity contribution in [2.24, 2.45) is 0 Å². The quantitative estimate of drug-likeness (QED) is 0.690. The van der Waals surface area contributed by atoms with Gasteiger partial charge in [0.15, 0.2) is 0 Å². The first-order valence-corrected chi connectivity index (χ1v) is 13.4. The highest BCUT2D eigenvalue weighted by molar-refractivity contribution is 6.92. The van der Waals surface area contributed by atoms with E-state index in [1.165, 1.54) is 19.3 Å². The number of allylic oxidation sites excluding steroid dienone is 4. The maximum atomic E-state index is 4.06. The molecule has 0 aromatic carbocycles. The van der Waals surface area contributed by atoms with Gasteiger partial charge in [-0.25, -0.2) is 0 Å². The topological polar surface area (TPSA) is 12.0 Å². The molecule has 0 aliphatic heterocycles. The summed E-state index contributed by atoms with van der Waals surface area (Å²) in [5, 5.41) is 0.350. The van der Waals surface area contributed by atoms with Crippen molar-refractivity contribution in [1.82, 2.24) is 4.65 Å². The van der Waals surface area contributed by atoms with E-state index in [-0.39, 0.29) is 0 Å². The molecule has 0 radical (unpaired) electrons. The zero-order valence-electron chi connectivity index (χ0n) is 12.4. The number of nitrogens with one attached hydrogen (secondary N) is 1. The lowest BCUT2D eigenvalue weighted by Gasteiger charge is -2.44. The molecular weight excluding hydrogens is 238 g/mol. The van der Waals surface area contributed by atoms with Gasteiger partial charge in [-0.2, -0.15) is 0 Å². The third-order valence-corrected chi connectivity index (χ3v) is 12.1. The Morgan fingerprint density at radius 1 is 1.00 bits per heavy atom. The van der Waals surface area contributed by atoms with E-state index >= 15 is 0 Å². The van der Waals surface area contributed by atoms with Crippen LogP contribution in [0.2, 0.25) is 37.8 Å². The van der Waals surface area contributed by atoms with Gasteiger partial charge in [-0.3, -0.25) is 0 Å². The molecule has 0 heterocycles. The molecule has 17 heavy (non-hydrogen) atoms. The van der Waals surface area contributed by atoms with Gasteiger partial charge in [-0.05, 0) is 6.42 Å². The zero-order valence-corrected chi connectivity index (χ0v) is 14.4. The fourth-order valence-electron chi connectivity index (χ4n) is 2.93. The minimum Gasteiger partial charge on any atom is -0.359 e. The largest absolute Gasteiger partial charge is 0.359 e. The highest BCUT2D eigenvalue weighted by Crippen LogP contribution is 2.47. The van der Waals surface area contributed by atoms with Gasteiger partial charge in [0, 0.05) is 5.04 Å². The van der Waals surface area contributed by atoms with E-state index < -0.39 is 16.5 Å². The Morgan fingerprint density at radius 3 is 1.94 bits per heavy atom. The van der Waals surface area contributed by atoms with Crippen LogP contribution in [0.15, 0.2) is 24.3 Å². The summed E-state index contributed by atoms with van der Waals surface area (Å²) in [6.45, 7) is 14.5. The summed E-state index contributed by atoms with van der Waals surface area (Å²) in [5.41, 5.74) is 0. The molecule has 3 heteroatoms. The summed E-state index contributed by atoms with van der Waals surface area (Å²) >= 11 is 0. The van der Waals surface area contributed by atoms with Gasteiger partial charge in [0.1, 0.15) is 16.5 Å². The van der Waals surface area contributed by atoms with Crippen molar-refractivity contribution in [2.75, 3.05) is 0 Å². The fourth-order valence-corrected chi connectivity index (χ4v) is 13.2. The van der Waals surface area contributed by atoms with Crippen LogP contribution in [-0.2, 0) is 0 Å². The van der Waals surface area contributed by atoms with Gasteiger partial charge in [-0.15, -0.1) is 0 Å². The Bertz CT molecular complexity index is 299. The summed E-state index contributed by atoms with van der Waals surface area (Å²) in [6.07, 6.45) is 13.4. The summed E-state index contributed by atoms with van der Waals surface area (Å²) in [5.74, 6) is 0. The monoisotopic (exact) mass is 267 g/mol. The van der Waals surface area contributed by atoms with E-state index in [0.29, 0.717) is 5.04 Å². The first kappa shape index (κ1) is 14.9. The molecule has 1 aliphatic rings. The maximum absolute atomic E-state index is 4.06. The summed E-state index contributed by atoms with van der Waals surface area (Å²) in [7, 11) is -2.66. The third kappa shape index (κ3) is 3.66. The van der Waals surface area contributed by atoms with Crippen molar-refractivity contribution < 1.29 is 0 Å². The smallest absolute Gasteiger partial charge is 0.126 e. The van der Waals surface area contributed by atoms with Gasteiger partial charge < -0.3 is 4.65 Å². The summed E-state index contributed by atoms with van der Waals surface area (Å²) in [4.78, 5) is 0. The second-order valence-corrected chi connectivity index (χ2v) is 16.5. The summed E-state index contributed by atoms with van der Waals surface area (Å²) < 4.78 is 4.06. The second kappa shape index (κ2) is 5.25. The predicted molar refractivity (Wildman–Crippen MR) is 84.5 cm³/mol. The first-order chi connectivity index (χ1) is 7.72. The molecule has 1 rings (SSSR count). The van der Waals surface area contributed by atoms with Crippen LogP contribution in [0.3, 0.4) is 0 Å². The molecular formula is C14H29NSi2. The third-order valence-electron chi connectivity index (χ3n) is 3.69. The molecule has 98 valence electrons. The Kier molecular flexibility index (Phi) is 4.61.